The summed E-state index contributed by atoms with van der Waals surface area (Å²) >= 11 is 0. The Balaban J connectivity index is 1.61. The first kappa shape index (κ1) is 17.2. The number of aliphatic carboxylic acids is 1. The molecule has 0 unspecified atom stereocenters. The molecule has 0 saturated heterocycles. The van der Waals surface area contributed by atoms with Crippen LogP contribution in [0.15, 0.2) is 24.3 Å². The lowest BCUT2D eigenvalue weighted by molar-refractivity contribution is -0.142. The highest BCUT2D eigenvalue weighted by Crippen LogP contribution is 2.24. The summed E-state index contributed by atoms with van der Waals surface area (Å²) in [4.78, 5) is 22.7. The first-order chi connectivity index (χ1) is 11.1. The van der Waals surface area contributed by atoms with Crippen LogP contribution in [0.25, 0.3) is 0 Å². The molecule has 0 atom stereocenters. The summed E-state index contributed by atoms with van der Waals surface area (Å²) < 4.78 is 18.6. The average molecular weight is 323 g/mol. The van der Waals surface area contributed by atoms with Gasteiger partial charge in [0.2, 0.25) is 5.91 Å². The minimum absolute atomic E-state index is 0.0607. The van der Waals surface area contributed by atoms with E-state index in [1.165, 1.54) is 6.07 Å². The zero-order chi connectivity index (χ0) is 16.7. The SMILES string of the molecule is O=C(CCCOc1ccccc1F)NC1CCC(C(=O)O)CC1. The lowest BCUT2D eigenvalue weighted by Gasteiger charge is -2.26. The number of carboxylic acids is 1. The predicted molar refractivity (Wildman–Crippen MR) is 82.7 cm³/mol. The molecule has 1 aromatic carbocycles. The molecule has 1 amide bonds. The molecule has 1 aliphatic carbocycles. The molecule has 1 aromatic rings. The van der Waals surface area contributed by atoms with Crippen molar-refractivity contribution < 1.29 is 23.8 Å². The summed E-state index contributed by atoms with van der Waals surface area (Å²) in [7, 11) is 0. The van der Waals surface area contributed by atoms with E-state index < -0.39 is 11.8 Å². The third-order valence-corrected chi connectivity index (χ3v) is 4.08. The van der Waals surface area contributed by atoms with E-state index in [9.17, 15) is 14.0 Å². The van der Waals surface area contributed by atoms with Crippen LogP contribution < -0.4 is 10.1 Å². The summed E-state index contributed by atoms with van der Waals surface area (Å²) in [6.45, 7) is 0.278. The predicted octanol–water partition coefficient (Wildman–Crippen LogP) is 2.74. The second-order valence-corrected chi connectivity index (χ2v) is 5.84. The Morgan fingerprint density at radius 2 is 1.91 bits per heavy atom. The van der Waals surface area contributed by atoms with Crippen molar-refractivity contribution in [2.45, 2.75) is 44.6 Å². The Bertz CT molecular complexity index is 541. The monoisotopic (exact) mass is 323 g/mol. The zero-order valence-corrected chi connectivity index (χ0v) is 13.0. The van der Waals surface area contributed by atoms with Crippen LogP contribution >= 0.6 is 0 Å². The number of carbonyl (C=O) groups excluding carboxylic acids is 1. The van der Waals surface area contributed by atoms with E-state index in [1.807, 2.05) is 0 Å². The summed E-state index contributed by atoms with van der Waals surface area (Å²) in [5, 5.41) is 11.9. The number of halogens is 1. The maximum absolute atomic E-state index is 13.3. The van der Waals surface area contributed by atoms with E-state index in [0.29, 0.717) is 38.5 Å². The fourth-order valence-electron chi connectivity index (χ4n) is 2.76. The van der Waals surface area contributed by atoms with Gasteiger partial charge in [0, 0.05) is 12.5 Å². The molecule has 5 nitrogen and oxygen atoms in total. The molecule has 0 aromatic heterocycles. The zero-order valence-electron chi connectivity index (χ0n) is 13.0. The van der Waals surface area contributed by atoms with E-state index in [-0.39, 0.29) is 30.2 Å². The lowest BCUT2D eigenvalue weighted by Crippen LogP contribution is -2.38. The first-order valence-electron chi connectivity index (χ1n) is 7.95. The third kappa shape index (κ3) is 5.54. The number of nitrogens with one attached hydrogen (secondary N) is 1. The standard InChI is InChI=1S/C17H22FNO4/c18-14-4-1-2-5-15(14)23-11-3-6-16(20)19-13-9-7-12(8-10-13)17(21)22/h1-2,4-5,12-13H,3,6-11H2,(H,19,20)(H,21,22). The van der Waals surface area contributed by atoms with Crippen LogP contribution in [0.4, 0.5) is 4.39 Å². The van der Waals surface area contributed by atoms with E-state index in [4.69, 9.17) is 9.84 Å². The van der Waals surface area contributed by atoms with Gasteiger partial charge in [-0.15, -0.1) is 0 Å². The van der Waals surface area contributed by atoms with Crippen molar-refractivity contribution in [2.75, 3.05) is 6.61 Å². The molecular weight excluding hydrogens is 301 g/mol. The van der Waals surface area contributed by atoms with Crippen molar-refractivity contribution in [3.8, 4) is 5.75 Å². The fraction of sp³-hybridized carbons (Fsp3) is 0.529. The number of hydrogen-bond donors (Lipinski definition) is 2. The Morgan fingerprint density at radius 1 is 1.22 bits per heavy atom. The topological polar surface area (TPSA) is 75.6 Å². The van der Waals surface area contributed by atoms with E-state index >= 15 is 0 Å². The summed E-state index contributed by atoms with van der Waals surface area (Å²) in [6, 6.07) is 6.23. The molecule has 0 bridgehead atoms. The molecule has 0 spiro atoms. The number of hydrogen-bond acceptors (Lipinski definition) is 3. The number of ether oxygens (including phenoxy) is 1. The molecule has 1 fully saturated rings. The highest BCUT2D eigenvalue weighted by atomic mass is 19.1. The van der Waals surface area contributed by atoms with E-state index in [2.05, 4.69) is 5.32 Å². The van der Waals surface area contributed by atoms with Crippen LogP contribution in [0.3, 0.4) is 0 Å². The minimum atomic E-state index is -0.750. The Labute approximate surface area is 134 Å². The van der Waals surface area contributed by atoms with Crippen molar-refractivity contribution in [2.24, 2.45) is 5.92 Å². The largest absolute Gasteiger partial charge is 0.491 e. The molecule has 1 saturated carbocycles. The lowest BCUT2D eigenvalue weighted by atomic mass is 9.86. The molecule has 126 valence electrons. The molecule has 23 heavy (non-hydrogen) atoms. The van der Waals surface area contributed by atoms with Gasteiger partial charge in [-0.05, 0) is 44.2 Å². The highest BCUT2D eigenvalue weighted by Gasteiger charge is 2.26. The van der Waals surface area contributed by atoms with Crippen LogP contribution in [0, 0.1) is 11.7 Å². The average Bonchev–Trinajstić information content (AvgIpc) is 2.53. The summed E-state index contributed by atoms with van der Waals surface area (Å²) in [5.74, 6) is -1.31. The van der Waals surface area contributed by atoms with Crippen LogP contribution in [0.1, 0.15) is 38.5 Å². The number of carboxylic acid groups (broad SMARTS) is 1. The van der Waals surface area contributed by atoms with Crippen LogP contribution in [-0.4, -0.2) is 29.6 Å². The molecular formula is C17H22FNO4. The maximum atomic E-state index is 13.3. The van der Waals surface area contributed by atoms with Gasteiger partial charge in [-0.1, -0.05) is 12.1 Å². The molecule has 0 heterocycles. The Morgan fingerprint density at radius 3 is 2.57 bits per heavy atom. The second-order valence-electron chi connectivity index (χ2n) is 5.84. The molecule has 2 N–H and O–H groups in total. The van der Waals surface area contributed by atoms with Gasteiger partial charge in [0.25, 0.3) is 0 Å². The van der Waals surface area contributed by atoms with Crippen molar-refractivity contribution in [3.05, 3.63) is 30.1 Å². The molecule has 2 rings (SSSR count). The number of para-hydroxylation sites is 1. The molecule has 0 radical (unpaired) electrons. The van der Waals surface area contributed by atoms with Crippen LogP contribution in [0.5, 0.6) is 5.75 Å². The molecule has 0 aliphatic heterocycles. The second kappa shape index (κ2) is 8.50. The first-order valence-corrected chi connectivity index (χ1v) is 7.95. The summed E-state index contributed by atoms with van der Waals surface area (Å²) in [6.07, 6.45) is 3.44. The maximum Gasteiger partial charge on any atom is 0.306 e. The van der Waals surface area contributed by atoms with Gasteiger partial charge >= 0.3 is 5.97 Å². The van der Waals surface area contributed by atoms with E-state index in [1.54, 1.807) is 18.2 Å². The van der Waals surface area contributed by atoms with Crippen molar-refractivity contribution in [1.82, 2.24) is 5.32 Å². The van der Waals surface area contributed by atoms with Gasteiger partial charge in [-0.2, -0.15) is 0 Å². The van der Waals surface area contributed by atoms with Crippen molar-refractivity contribution in [1.29, 1.82) is 0 Å². The Kier molecular flexibility index (Phi) is 6.38. The highest BCUT2D eigenvalue weighted by molar-refractivity contribution is 5.76. The van der Waals surface area contributed by atoms with Gasteiger partial charge in [-0.25, -0.2) is 4.39 Å². The number of benzene rings is 1. The van der Waals surface area contributed by atoms with Crippen molar-refractivity contribution >= 4 is 11.9 Å². The van der Waals surface area contributed by atoms with Gasteiger partial charge < -0.3 is 15.2 Å². The Hall–Kier alpha value is -2.11. The van der Waals surface area contributed by atoms with Gasteiger partial charge in [-0.3, -0.25) is 9.59 Å². The fourth-order valence-corrected chi connectivity index (χ4v) is 2.76. The molecule has 1 aliphatic rings. The van der Waals surface area contributed by atoms with Crippen LogP contribution in [0.2, 0.25) is 0 Å². The van der Waals surface area contributed by atoms with Crippen molar-refractivity contribution in [3.63, 3.8) is 0 Å². The minimum Gasteiger partial charge on any atom is -0.491 e. The van der Waals surface area contributed by atoms with Gasteiger partial charge in [0.05, 0.1) is 12.5 Å². The normalized spacial score (nSPS) is 20.7. The van der Waals surface area contributed by atoms with Gasteiger partial charge in [0.15, 0.2) is 11.6 Å². The quantitative estimate of drug-likeness (QED) is 0.757. The number of rotatable bonds is 7. The van der Waals surface area contributed by atoms with Gasteiger partial charge in [0.1, 0.15) is 0 Å². The molecule has 6 heteroatoms. The van der Waals surface area contributed by atoms with Crippen LogP contribution in [-0.2, 0) is 9.59 Å². The smallest absolute Gasteiger partial charge is 0.306 e. The third-order valence-electron chi connectivity index (χ3n) is 4.08. The number of carbonyl (C=O) groups is 2. The number of amides is 1. The summed E-state index contributed by atoms with van der Waals surface area (Å²) in [5.41, 5.74) is 0. The van der Waals surface area contributed by atoms with E-state index in [0.717, 1.165) is 0 Å².